The summed E-state index contributed by atoms with van der Waals surface area (Å²) in [4.78, 5) is 0. The third-order valence-corrected chi connectivity index (χ3v) is 2.96. The summed E-state index contributed by atoms with van der Waals surface area (Å²) in [5, 5.41) is 3.54. The van der Waals surface area contributed by atoms with Crippen molar-refractivity contribution in [1.82, 2.24) is 5.32 Å². The van der Waals surface area contributed by atoms with Gasteiger partial charge in [0.2, 0.25) is 0 Å². The largest absolute Gasteiger partial charge is 0.369 e. The van der Waals surface area contributed by atoms with Gasteiger partial charge in [-0.25, -0.2) is 0 Å². The van der Waals surface area contributed by atoms with Gasteiger partial charge in [0.15, 0.2) is 0 Å². The fourth-order valence-corrected chi connectivity index (χ4v) is 1.77. The Hall–Kier alpha value is -0.0800. The number of morpholine rings is 1. The van der Waals surface area contributed by atoms with Gasteiger partial charge in [-0.1, -0.05) is 13.8 Å². The smallest absolute Gasteiger partial charge is 0.0780 e. The molecule has 0 aromatic rings. The van der Waals surface area contributed by atoms with E-state index in [1.807, 2.05) is 0 Å². The first-order chi connectivity index (χ1) is 5.61. The van der Waals surface area contributed by atoms with E-state index in [1.165, 1.54) is 0 Å². The van der Waals surface area contributed by atoms with Crippen molar-refractivity contribution in [2.24, 2.45) is 0 Å². The van der Waals surface area contributed by atoms with Crippen molar-refractivity contribution in [3.05, 3.63) is 0 Å². The highest BCUT2D eigenvalue weighted by atomic mass is 16.5. The molecule has 1 aliphatic heterocycles. The fraction of sp³-hybridized carbons (Fsp3) is 1.00. The van der Waals surface area contributed by atoms with E-state index in [2.05, 4.69) is 33.0 Å². The zero-order valence-corrected chi connectivity index (χ0v) is 8.68. The second-order valence-electron chi connectivity index (χ2n) is 4.02. The molecule has 1 saturated heterocycles. The maximum atomic E-state index is 5.96. The normalized spacial score (nSPS) is 43.0. The van der Waals surface area contributed by atoms with Gasteiger partial charge >= 0.3 is 0 Å². The monoisotopic (exact) mass is 171 g/mol. The number of hydrogen-bond acceptors (Lipinski definition) is 2. The standard InChI is InChI=1S/C10H21NO/c1-5-9-8(3)12-10(4,6-2)7-11-9/h8-9,11H,5-7H2,1-4H3. The van der Waals surface area contributed by atoms with Crippen LogP contribution < -0.4 is 5.32 Å². The van der Waals surface area contributed by atoms with Crippen LogP contribution >= 0.6 is 0 Å². The van der Waals surface area contributed by atoms with Gasteiger partial charge in [0.05, 0.1) is 11.7 Å². The minimum Gasteiger partial charge on any atom is -0.369 e. The number of hydrogen-bond donors (Lipinski definition) is 1. The minimum atomic E-state index is 0.0606. The first kappa shape index (κ1) is 10.0. The summed E-state index contributed by atoms with van der Waals surface area (Å²) in [5.41, 5.74) is 0.0606. The highest BCUT2D eigenvalue weighted by molar-refractivity contribution is 4.88. The van der Waals surface area contributed by atoms with E-state index in [4.69, 9.17) is 4.74 Å². The van der Waals surface area contributed by atoms with Crippen LogP contribution in [-0.4, -0.2) is 24.3 Å². The molecule has 0 saturated carbocycles. The maximum Gasteiger partial charge on any atom is 0.0780 e. The van der Waals surface area contributed by atoms with Crippen LogP contribution in [0.1, 0.15) is 40.5 Å². The quantitative estimate of drug-likeness (QED) is 0.685. The molecule has 0 aromatic heterocycles. The molecule has 0 radical (unpaired) electrons. The summed E-state index contributed by atoms with van der Waals surface area (Å²) < 4.78 is 5.96. The molecule has 72 valence electrons. The van der Waals surface area contributed by atoms with Crippen LogP contribution in [0.4, 0.5) is 0 Å². The summed E-state index contributed by atoms with van der Waals surface area (Å²) in [5.74, 6) is 0. The molecular weight excluding hydrogens is 150 g/mol. The van der Waals surface area contributed by atoms with Crippen LogP contribution in [0.3, 0.4) is 0 Å². The number of ether oxygens (including phenoxy) is 1. The van der Waals surface area contributed by atoms with Crippen molar-refractivity contribution in [2.75, 3.05) is 6.54 Å². The first-order valence-electron chi connectivity index (χ1n) is 5.02. The van der Waals surface area contributed by atoms with Crippen LogP contribution in [0, 0.1) is 0 Å². The van der Waals surface area contributed by atoms with Gasteiger partial charge in [-0.05, 0) is 26.7 Å². The molecule has 1 rings (SSSR count). The van der Waals surface area contributed by atoms with Crippen LogP contribution in [0.25, 0.3) is 0 Å². The van der Waals surface area contributed by atoms with E-state index < -0.39 is 0 Å². The van der Waals surface area contributed by atoms with Crippen LogP contribution in [0.2, 0.25) is 0 Å². The summed E-state index contributed by atoms with van der Waals surface area (Å²) in [6, 6.07) is 0.546. The first-order valence-corrected chi connectivity index (χ1v) is 5.02. The lowest BCUT2D eigenvalue weighted by Gasteiger charge is -2.42. The molecule has 0 bridgehead atoms. The van der Waals surface area contributed by atoms with E-state index in [0.717, 1.165) is 19.4 Å². The number of nitrogens with one attached hydrogen (secondary N) is 1. The molecule has 0 spiro atoms. The van der Waals surface area contributed by atoms with Gasteiger partial charge in [-0.2, -0.15) is 0 Å². The Labute approximate surface area is 75.7 Å². The maximum absolute atomic E-state index is 5.96. The van der Waals surface area contributed by atoms with Gasteiger partial charge in [0.1, 0.15) is 0 Å². The van der Waals surface area contributed by atoms with Crippen LogP contribution in [-0.2, 0) is 4.74 Å². The van der Waals surface area contributed by atoms with Crippen molar-refractivity contribution in [1.29, 1.82) is 0 Å². The molecule has 0 aliphatic carbocycles. The Kier molecular flexibility index (Phi) is 3.13. The minimum absolute atomic E-state index is 0.0606. The lowest BCUT2D eigenvalue weighted by Crippen LogP contribution is -2.56. The van der Waals surface area contributed by atoms with E-state index in [-0.39, 0.29) is 5.60 Å². The molecule has 1 fully saturated rings. The topological polar surface area (TPSA) is 21.3 Å². The molecule has 3 atom stereocenters. The van der Waals surface area contributed by atoms with Gasteiger partial charge in [0, 0.05) is 12.6 Å². The molecule has 3 unspecified atom stereocenters. The van der Waals surface area contributed by atoms with E-state index in [9.17, 15) is 0 Å². The van der Waals surface area contributed by atoms with Crippen molar-refractivity contribution >= 4 is 0 Å². The Morgan fingerprint density at radius 2 is 2.17 bits per heavy atom. The van der Waals surface area contributed by atoms with Crippen LogP contribution in [0.15, 0.2) is 0 Å². The summed E-state index contributed by atoms with van der Waals surface area (Å²) in [6.07, 6.45) is 2.59. The average molecular weight is 171 g/mol. The molecule has 1 N–H and O–H groups in total. The highest BCUT2D eigenvalue weighted by Gasteiger charge is 2.33. The van der Waals surface area contributed by atoms with Crippen molar-refractivity contribution in [3.63, 3.8) is 0 Å². The van der Waals surface area contributed by atoms with Crippen molar-refractivity contribution in [3.8, 4) is 0 Å². The van der Waals surface area contributed by atoms with Crippen molar-refractivity contribution in [2.45, 2.75) is 58.3 Å². The average Bonchev–Trinajstić information content (AvgIpc) is 2.05. The highest BCUT2D eigenvalue weighted by Crippen LogP contribution is 2.23. The lowest BCUT2D eigenvalue weighted by molar-refractivity contribution is -0.119. The van der Waals surface area contributed by atoms with E-state index in [1.54, 1.807) is 0 Å². The molecule has 12 heavy (non-hydrogen) atoms. The fourth-order valence-electron chi connectivity index (χ4n) is 1.77. The predicted molar refractivity (Wildman–Crippen MR) is 51.3 cm³/mol. The second-order valence-corrected chi connectivity index (χ2v) is 4.02. The molecule has 0 aromatic carbocycles. The van der Waals surface area contributed by atoms with Gasteiger partial charge < -0.3 is 10.1 Å². The zero-order chi connectivity index (χ0) is 9.19. The summed E-state index contributed by atoms with van der Waals surface area (Å²) >= 11 is 0. The molecule has 0 amide bonds. The Morgan fingerprint density at radius 3 is 2.58 bits per heavy atom. The Morgan fingerprint density at radius 1 is 1.50 bits per heavy atom. The van der Waals surface area contributed by atoms with Gasteiger partial charge in [-0.3, -0.25) is 0 Å². The lowest BCUT2D eigenvalue weighted by atomic mass is 9.97. The zero-order valence-electron chi connectivity index (χ0n) is 8.68. The van der Waals surface area contributed by atoms with E-state index >= 15 is 0 Å². The van der Waals surface area contributed by atoms with Gasteiger partial charge in [-0.15, -0.1) is 0 Å². The molecule has 2 heteroatoms. The third-order valence-electron chi connectivity index (χ3n) is 2.96. The summed E-state index contributed by atoms with van der Waals surface area (Å²) in [7, 11) is 0. The second kappa shape index (κ2) is 3.75. The molecule has 1 aliphatic rings. The molecule has 2 nitrogen and oxygen atoms in total. The Bertz CT molecular complexity index is 149. The van der Waals surface area contributed by atoms with E-state index in [0.29, 0.717) is 12.1 Å². The third kappa shape index (κ3) is 1.99. The Balaban J connectivity index is 2.51. The molecular formula is C10H21NO. The SMILES string of the molecule is CCC1NCC(C)(CC)OC1C. The predicted octanol–water partition coefficient (Wildman–Crippen LogP) is 1.94. The van der Waals surface area contributed by atoms with Crippen molar-refractivity contribution < 1.29 is 4.74 Å². The summed E-state index contributed by atoms with van der Waals surface area (Å²) in [6.45, 7) is 9.72. The van der Waals surface area contributed by atoms with Crippen LogP contribution in [0.5, 0.6) is 0 Å². The number of rotatable bonds is 2. The molecule has 1 heterocycles. The van der Waals surface area contributed by atoms with Gasteiger partial charge in [0.25, 0.3) is 0 Å².